The van der Waals surface area contributed by atoms with Gasteiger partial charge in [-0.2, -0.15) is 0 Å². The van der Waals surface area contributed by atoms with Gasteiger partial charge in [-0.15, -0.1) is 0 Å². The van der Waals surface area contributed by atoms with Gasteiger partial charge in [0.25, 0.3) is 0 Å². The largest absolute Gasteiger partial charge is 0.387 e. The summed E-state index contributed by atoms with van der Waals surface area (Å²) in [6.45, 7) is 2.64. The summed E-state index contributed by atoms with van der Waals surface area (Å²) < 4.78 is 37.2. The van der Waals surface area contributed by atoms with Crippen molar-refractivity contribution in [3.63, 3.8) is 0 Å². The summed E-state index contributed by atoms with van der Waals surface area (Å²) in [7, 11) is -0.871. The molecule has 0 aromatic heterocycles. The fraction of sp³-hybridized carbons (Fsp3) is 0.538. The molecule has 2 N–H and O–H groups in total. The molecule has 108 valence electrons. The van der Waals surface area contributed by atoms with Crippen molar-refractivity contribution in [3.8, 4) is 0 Å². The number of hydrogen-bond acceptors (Lipinski definition) is 3. The lowest BCUT2D eigenvalue weighted by Crippen LogP contribution is -2.26. The zero-order chi connectivity index (χ0) is 14.4. The molecule has 0 fully saturated rings. The molecular formula is C13H19F2NO2S. The molecular weight excluding hydrogens is 272 g/mol. The highest BCUT2D eigenvalue weighted by Crippen LogP contribution is 2.17. The van der Waals surface area contributed by atoms with Crippen LogP contribution >= 0.6 is 0 Å². The number of rotatable bonds is 7. The fourth-order valence-corrected chi connectivity index (χ4v) is 2.04. The fourth-order valence-electron chi connectivity index (χ4n) is 1.59. The molecule has 3 atom stereocenters. The van der Waals surface area contributed by atoms with E-state index in [1.54, 1.807) is 6.26 Å². The lowest BCUT2D eigenvalue weighted by atomic mass is 10.1. The molecule has 1 aromatic rings. The van der Waals surface area contributed by atoms with Crippen LogP contribution < -0.4 is 5.32 Å². The average molecular weight is 291 g/mol. The molecule has 0 radical (unpaired) electrons. The molecule has 1 aromatic carbocycles. The van der Waals surface area contributed by atoms with Crippen molar-refractivity contribution >= 4 is 10.8 Å². The van der Waals surface area contributed by atoms with E-state index in [2.05, 4.69) is 5.32 Å². The van der Waals surface area contributed by atoms with Crippen LogP contribution in [0.15, 0.2) is 18.2 Å². The Bertz CT molecular complexity index is 443. The first kappa shape index (κ1) is 16.2. The summed E-state index contributed by atoms with van der Waals surface area (Å²) >= 11 is 0. The van der Waals surface area contributed by atoms with Gasteiger partial charge in [0, 0.05) is 40.5 Å². The van der Waals surface area contributed by atoms with Gasteiger partial charge in [-0.1, -0.05) is 13.0 Å². The topological polar surface area (TPSA) is 49.3 Å². The van der Waals surface area contributed by atoms with Crippen LogP contribution in [0.2, 0.25) is 0 Å². The van der Waals surface area contributed by atoms with E-state index < -0.39 is 28.5 Å². The molecule has 0 aliphatic carbocycles. The van der Waals surface area contributed by atoms with Crippen LogP contribution in [0.5, 0.6) is 0 Å². The molecule has 19 heavy (non-hydrogen) atoms. The van der Waals surface area contributed by atoms with Gasteiger partial charge in [0.2, 0.25) is 0 Å². The Balaban J connectivity index is 2.39. The molecule has 0 saturated heterocycles. The summed E-state index contributed by atoms with van der Waals surface area (Å²) in [5.74, 6) is -1.42. The van der Waals surface area contributed by atoms with Crippen LogP contribution in [0.3, 0.4) is 0 Å². The third kappa shape index (κ3) is 5.34. The number of nitrogens with one attached hydrogen (secondary N) is 1. The molecule has 0 aliphatic rings. The van der Waals surface area contributed by atoms with Crippen molar-refractivity contribution in [3.05, 3.63) is 35.4 Å². The standard InChI is InChI=1S/C13H19F2NO2S/c1-9(19(2)18)5-6-16-8-13(17)11-4-3-10(14)7-12(11)15/h3-4,7,9,13,16-17H,5-6,8H2,1-2H3. The predicted molar refractivity (Wildman–Crippen MR) is 72.3 cm³/mol. The molecule has 3 nitrogen and oxygen atoms in total. The van der Waals surface area contributed by atoms with E-state index in [9.17, 15) is 18.1 Å². The van der Waals surface area contributed by atoms with E-state index in [1.165, 1.54) is 6.07 Å². The Morgan fingerprint density at radius 1 is 1.42 bits per heavy atom. The zero-order valence-corrected chi connectivity index (χ0v) is 11.8. The smallest absolute Gasteiger partial charge is 0.131 e. The minimum absolute atomic E-state index is 0.0704. The van der Waals surface area contributed by atoms with Gasteiger partial charge < -0.3 is 10.4 Å². The molecule has 0 saturated carbocycles. The summed E-state index contributed by atoms with van der Waals surface area (Å²) in [6.07, 6.45) is 1.33. The number of benzene rings is 1. The van der Waals surface area contributed by atoms with E-state index >= 15 is 0 Å². The monoisotopic (exact) mass is 291 g/mol. The van der Waals surface area contributed by atoms with Crippen LogP contribution in [0.25, 0.3) is 0 Å². The first-order chi connectivity index (χ1) is 8.91. The van der Waals surface area contributed by atoms with Crippen LogP contribution in [0.1, 0.15) is 25.0 Å². The minimum Gasteiger partial charge on any atom is -0.387 e. The van der Waals surface area contributed by atoms with Gasteiger partial charge in [-0.05, 0) is 19.0 Å². The Morgan fingerprint density at radius 3 is 2.68 bits per heavy atom. The van der Waals surface area contributed by atoms with Gasteiger partial charge in [0.1, 0.15) is 11.6 Å². The van der Waals surface area contributed by atoms with Crippen molar-refractivity contribution in [2.75, 3.05) is 19.3 Å². The number of halogens is 2. The summed E-state index contributed by atoms with van der Waals surface area (Å²) in [4.78, 5) is 0. The second-order valence-electron chi connectivity index (χ2n) is 4.48. The molecule has 0 bridgehead atoms. The molecule has 6 heteroatoms. The highest BCUT2D eigenvalue weighted by Gasteiger charge is 2.13. The van der Waals surface area contributed by atoms with Gasteiger partial charge >= 0.3 is 0 Å². The Morgan fingerprint density at radius 2 is 2.11 bits per heavy atom. The number of hydrogen-bond donors (Lipinski definition) is 2. The quantitative estimate of drug-likeness (QED) is 0.752. The van der Waals surface area contributed by atoms with Crippen molar-refractivity contribution in [1.29, 1.82) is 0 Å². The van der Waals surface area contributed by atoms with Crippen molar-refractivity contribution in [2.45, 2.75) is 24.7 Å². The number of aliphatic hydroxyl groups excluding tert-OH is 1. The molecule has 1 rings (SSSR count). The van der Waals surface area contributed by atoms with E-state index in [-0.39, 0.29) is 17.4 Å². The summed E-state index contributed by atoms with van der Waals surface area (Å²) in [5, 5.41) is 12.8. The first-order valence-corrected chi connectivity index (χ1v) is 7.70. The van der Waals surface area contributed by atoms with Gasteiger partial charge in [0.15, 0.2) is 0 Å². The SMILES string of the molecule is CC(CCNCC(O)c1ccc(F)cc1F)S(C)=O. The normalized spacial score (nSPS) is 16.1. The second kappa shape index (κ2) is 7.67. The molecule has 0 heterocycles. The third-order valence-corrected chi connectivity index (χ3v) is 4.32. The Labute approximate surface area is 114 Å². The lowest BCUT2D eigenvalue weighted by Gasteiger charge is -2.14. The molecule has 0 spiro atoms. The maximum atomic E-state index is 13.4. The second-order valence-corrected chi connectivity index (χ2v) is 6.29. The highest BCUT2D eigenvalue weighted by atomic mass is 32.2. The van der Waals surface area contributed by atoms with Crippen molar-refractivity contribution in [1.82, 2.24) is 5.32 Å². The minimum atomic E-state index is -1.02. The maximum absolute atomic E-state index is 13.4. The van der Waals surface area contributed by atoms with E-state index in [0.717, 1.165) is 12.1 Å². The summed E-state index contributed by atoms with van der Waals surface area (Å²) in [6, 6.07) is 3.10. The third-order valence-electron chi connectivity index (χ3n) is 2.95. The van der Waals surface area contributed by atoms with E-state index in [0.29, 0.717) is 13.0 Å². The Kier molecular flexibility index (Phi) is 6.54. The first-order valence-electron chi connectivity index (χ1n) is 6.07. The van der Waals surface area contributed by atoms with Gasteiger partial charge in [0.05, 0.1) is 6.10 Å². The average Bonchev–Trinajstić information content (AvgIpc) is 2.33. The van der Waals surface area contributed by atoms with Crippen LogP contribution in [0.4, 0.5) is 8.78 Å². The van der Waals surface area contributed by atoms with E-state index in [4.69, 9.17) is 0 Å². The van der Waals surface area contributed by atoms with Crippen molar-refractivity contribution in [2.24, 2.45) is 0 Å². The van der Waals surface area contributed by atoms with Gasteiger partial charge in [-0.25, -0.2) is 8.78 Å². The van der Waals surface area contributed by atoms with Crippen LogP contribution in [-0.4, -0.2) is 33.9 Å². The summed E-state index contributed by atoms with van der Waals surface area (Å²) in [5.41, 5.74) is 0.0704. The Hall–Kier alpha value is -0.850. The maximum Gasteiger partial charge on any atom is 0.131 e. The van der Waals surface area contributed by atoms with Crippen molar-refractivity contribution < 1.29 is 18.1 Å². The van der Waals surface area contributed by atoms with Crippen LogP contribution in [0, 0.1) is 11.6 Å². The van der Waals surface area contributed by atoms with Gasteiger partial charge in [-0.3, -0.25) is 4.21 Å². The molecule has 0 aliphatic heterocycles. The highest BCUT2D eigenvalue weighted by molar-refractivity contribution is 7.84. The van der Waals surface area contributed by atoms with Crippen LogP contribution in [-0.2, 0) is 10.8 Å². The van der Waals surface area contributed by atoms with E-state index in [1.807, 2.05) is 6.92 Å². The lowest BCUT2D eigenvalue weighted by molar-refractivity contribution is 0.170. The predicted octanol–water partition coefficient (Wildman–Crippen LogP) is 1.74. The molecule has 0 amide bonds. The molecule has 3 unspecified atom stereocenters. The zero-order valence-electron chi connectivity index (χ0n) is 11.0. The number of aliphatic hydroxyl groups is 1.